The summed E-state index contributed by atoms with van der Waals surface area (Å²) >= 11 is 0. The van der Waals surface area contributed by atoms with Gasteiger partial charge in [-0.05, 0) is 3.29 Å². The van der Waals surface area contributed by atoms with Crippen molar-refractivity contribution in [2.75, 3.05) is 6.73 Å². The maximum Gasteiger partial charge on any atom is 0.541 e. The molecule has 1 saturated heterocycles. The zero-order valence-corrected chi connectivity index (χ0v) is 5.41. The highest BCUT2D eigenvalue weighted by Gasteiger charge is 2.59. The van der Waals surface area contributed by atoms with Crippen molar-refractivity contribution in [2.45, 2.75) is 0 Å². The first kappa shape index (κ1) is 6.21. The van der Waals surface area contributed by atoms with Crippen LogP contribution in [0.3, 0.4) is 0 Å². The topological polar surface area (TPSA) is 57.5 Å². The molecular formula is C2H4NO3S2+. The molecule has 0 unspecified atom stereocenters. The minimum Gasteiger partial charge on any atom is -0.434 e. The Morgan fingerprint density at radius 3 is 2.12 bits per heavy atom. The highest BCUT2D eigenvalue weighted by atomic mass is 33.2. The number of hydrogen-bond donors (Lipinski definition) is 2. The molecule has 46 valence electrons. The van der Waals surface area contributed by atoms with E-state index in [1.54, 1.807) is 0 Å². The lowest BCUT2D eigenvalue weighted by Gasteiger charge is -1.96. The number of carbonyl (C=O) groups is 1. The van der Waals surface area contributed by atoms with Gasteiger partial charge in [0, 0.05) is 0 Å². The fourth-order valence-corrected chi connectivity index (χ4v) is 1.42. The van der Waals surface area contributed by atoms with E-state index >= 15 is 0 Å². The molecule has 1 heterocycles. The van der Waals surface area contributed by atoms with Crippen molar-refractivity contribution in [3.63, 3.8) is 0 Å². The standard InChI is InChI=1S/C2H3NO3S2/c4-1-3(2(5)6)7-8-3/h4H,1H2/p+1. The van der Waals surface area contributed by atoms with E-state index < -0.39 is 6.09 Å². The van der Waals surface area contributed by atoms with Crippen molar-refractivity contribution < 1.29 is 18.3 Å². The SMILES string of the molecule is O=C(O)[N+]1(CO)SS1. The van der Waals surface area contributed by atoms with Gasteiger partial charge < -0.3 is 10.2 Å². The monoisotopic (exact) mass is 154 g/mol. The van der Waals surface area contributed by atoms with Gasteiger partial charge in [0.2, 0.25) is 28.7 Å². The summed E-state index contributed by atoms with van der Waals surface area (Å²) in [6.45, 7) is -0.343. The van der Waals surface area contributed by atoms with Crippen molar-refractivity contribution in [3.05, 3.63) is 0 Å². The summed E-state index contributed by atoms with van der Waals surface area (Å²) in [7, 11) is 2.26. The summed E-state index contributed by atoms with van der Waals surface area (Å²) in [4.78, 5) is 10.1. The molecule has 1 amide bonds. The number of quaternary nitrogens is 1. The zero-order chi connectivity index (χ0) is 6.20. The van der Waals surface area contributed by atoms with Crippen LogP contribution in [-0.4, -0.2) is 26.3 Å². The molecule has 6 heteroatoms. The molecule has 0 radical (unpaired) electrons. The van der Waals surface area contributed by atoms with Crippen LogP contribution in [0.2, 0.25) is 0 Å². The van der Waals surface area contributed by atoms with Crippen molar-refractivity contribution in [3.8, 4) is 0 Å². The quantitative estimate of drug-likeness (QED) is 0.251. The first-order chi connectivity index (χ1) is 3.71. The van der Waals surface area contributed by atoms with E-state index in [9.17, 15) is 4.79 Å². The Bertz CT molecular complexity index is 122. The fourth-order valence-electron chi connectivity index (χ4n) is 0.212. The van der Waals surface area contributed by atoms with Gasteiger partial charge in [0.25, 0.3) is 0 Å². The van der Waals surface area contributed by atoms with Crippen molar-refractivity contribution in [1.82, 2.24) is 0 Å². The van der Waals surface area contributed by atoms with Crippen LogP contribution in [-0.2, 0) is 0 Å². The number of carboxylic acid groups (broad SMARTS) is 1. The zero-order valence-electron chi connectivity index (χ0n) is 3.77. The number of aliphatic hydroxyl groups is 1. The Hall–Kier alpha value is 0.0900. The molecule has 0 spiro atoms. The normalized spacial score (nSPS) is 22.6. The van der Waals surface area contributed by atoms with Crippen molar-refractivity contribution in [2.24, 2.45) is 0 Å². The number of nitrogens with zero attached hydrogens (tertiary/aromatic N) is 1. The minimum absolute atomic E-state index is 0.319. The van der Waals surface area contributed by atoms with E-state index in [0.29, 0.717) is 0 Å². The lowest BCUT2D eigenvalue weighted by Crippen LogP contribution is -2.26. The number of aliphatic hydroxyl groups excluding tert-OH is 1. The molecule has 0 atom stereocenters. The van der Waals surface area contributed by atoms with Crippen molar-refractivity contribution >= 4 is 28.1 Å². The lowest BCUT2D eigenvalue weighted by atomic mass is 11.1. The molecule has 0 aromatic rings. The van der Waals surface area contributed by atoms with Crippen molar-refractivity contribution in [1.29, 1.82) is 0 Å². The van der Waals surface area contributed by atoms with E-state index in [1.807, 2.05) is 0 Å². The van der Waals surface area contributed by atoms with Gasteiger partial charge in [-0.3, -0.25) is 0 Å². The van der Waals surface area contributed by atoms with Crippen LogP contribution in [0.5, 0.6) is 0 Å². The van der Waals surface area contributed by atoms with Gasteiger partial charge in [0.15, 0.2) is 0 Å². The highest BCUT2D eigenvalue weighted by molar-refractivity contribution is 8.84. The second-order valence-corrected chi connectivity index (χ2v) is 3.92. The van der Waals surface area contributed by atoms with Crippen LogP contribution in [0, 0.1) is 0 Å². The summed E-state index contributed by atoms with van der Waals surface area (Å²) < 4.78 is -0.319. The summed E-state index contributed by atoms with van der Waals surface area (Å²) in [6, 6.07) is 0. The van der Waals surface area contributed by atoms with E-state index in [-0.39, 0.29) is 10.0 Å². The fraction of sp³-hybridized carbons (Fsp3) is 0.500. The molecule has 0 bridgehead atoms. The number of amides is 1. The second kappa shape index (κ2) is 1.80. The molecule has 8 heavy (non-hydrogen) atoms. The largest absolute Gasteiger partial charge is 0.541 e. The third-order valence-electron chi connectivity index (χ3n) is 0.732. The van der Waals surface area contributed by atoms with Gasteiger partial charge in [0.1, 0.15) is 0 Å². The molecule has 0 saturated carbocycles. The first-order valence-corrected chi connectivity index (χ1v) is 3.88. The summed E-state index contributed by atoms with van der Waals surface area (Å²) in [5, 5.41) is 16.7. The van der Waals surface area contributed by atoms with E-state index in [2.05, 4.69) is 0 Å². The molecule has 4 nitrogen and oxygen atoms in total. The Balaban J connectivity index is 2.53. The van der Waals surface area contributed by atoms with E-state index in [1.165, 1.54) is 0 Å². The van der Waals surface area contributed by atoms with Gasteiger partial charge in [-0.1, -0.05) is 0 Å². The molecule has 2 N–H and O–H groups in total. The molecule has 1 rings (SSSR count). The van der Waals surface area contributed by atoms with Gasteiger partial charge in [0.05, 0.1) is 0 Å². The maximum atomic E-state index is 10.1. The first-order valence-electron chi connectivity index (χ1n) is 1.82. The molecule has 0 aromatic heterocycles. The summed E-state index contributed by atoms with van der Waals surface area (Å²) in [5.74, 6) is 0. The van der Waals surface area contributed by atoms with Crippen LogP contribution in [0.4, 0.5) is 4.79 Å². The number of hydrogen-bond acceptors (Lipinski definition) is 4. The average molecular weight is 154 g/mol. The Morgan fingerprint density at radius 2 is 2.12 bits per heavy atom. The molecule has 1 aliphatic heterocycles. The smallest absolute Gasteiger partial charge is 0.434 e. The van der Waals surface area contributed by atoms with Crippen LogP contribution in [0.1, 0.15) is 0 Å². The van der Waals surface area contributed by atoms with Gasteiger partial charge in [-0.25, -0.2) is 0 Å². The van der Waals surface area contributed by atoms with Crippen LogP contribution in [0.15, 0.2) is 0 Å². The summed E-state index contributed by atoms with van der Waals surface area (Å²) in [5.41, 5.74) is 0. The predicted octanol–water partition coefficient (Wildman–Crippen LogP) is 0.656. The lowest BCUT2D eigenvalue weighted by molar-refractivity contribution is -0.571. The third kappa shape index (κ3) is 0.795. The van der Waals surface area contributed by atoms with Crippen LogP contribution < -0.4 is 0 Å². The van der Waals surface area contributed by atoms with E-state index in [0.717, 1.165) is 22.0 Å². The summed E-state index contributed by atoms with van der Waals surface area (Å²) in [6.07, 6.45) is -0.998. The molecule has 0 aromatic carbocycles. The molecule has 0 aliphatic carbocycles. The molecular weight excluding hydrogens is 150 g/mol. The van der Waals surface area contributed by atoms with Crippen LogP contribution >= 0.6 is 22.0 Å². The average Bonchev–Trinajstić information content (AvgIpc) is 2.44. The van der Waals surface area contributed by atoms with Crippen LogP contribution in [0.25, 0.3) is 0 Å². The highest BCUT2D eigenvalue weighted by Crippen LogP contribution is 2.60. The minimum atomic E-state index is -0.998. The Kier molecular flexibility index (Phi) is 1.40. The van der Waals surface area contributed by atoms with Gasteiger partial charge in [-0.2, -0.15) is 4.79 Å². The maximum absolute atomic E-state index is 10.1. The second-order valence-electron chi connectivity index (χ2n) is 1.25. The Morgan fingerprint density at radius 1 is 1.62 bits per heavy atom. The van der Waals surface area contributed by atoms with Gasteiger partial charge >= 0.3 is 6.09 Å². The predicted molar refractivity (Wildman–Crippen MR) is 30.6 cm³/mol. The van der Waals surface area contributed by atoms with Gasteiger partial charge in [-0.15, -0.1) is 0 Å². The number of rotatable bonds is 1. The third-order valence-corrected chi connectivity index (χ3v) is 3.31. The van der Waals surface area contributed by atoms with E-state index in [4.69, 9.17) is 10.2 Å². The molecule has 1 aliphatic rings. The molecule has 1 fully saturated rings. The Labute approximate surface area is 53.7 Å².